The average molecular weight is 134 g/mol. The van der Waals surface area contributed by atoms with E-state index < -0.39 is 0 Å². The minimum atomic E-state index is -0.238. The van der Waals surface area contributed by atoms with Gasteiger partial charge < -0.3 is 0 Å². The van der Waals surface area contributed by atoms with E-state index in [0.717, 1.165) is 19.3 Å². The van der Waals surface area contributed by atoms with Gasteiger partial charge >= 0.3 is 0 Å². The van der Waals surface area contributed by atoms with E-state index in [9.17, 15) is 4.79 Å². The lowest BCUT2D eigenvalue weighted by molar-refractivity contribution is -0.111. The van der Waals surface area contributed by atoms with E-state index in [-0.39, 0.29) is 5.24 Å². The van der Waals surface area contributed by atoms with Crippen molar-refractivity contribution in [1.82, 2.24) is 0 Å². The van der Waals surface area contributed by atoms with Crippen molar-refractivity contribution in [3.63, 3.8) is 0 Å². The summed E-state index contributed by atoms with van der Waals surface area (Å²) >= 11 is 5.05. The third-order valence-corrected chi connectivity index (χ3v) is 1.06. The minimum absolute atomic E-state index is 0.238. The minimum Gasteiger partial charge on any atom is -0.281 e. The first-order chi connectivity index (χ1) is 3.77. The van der Waals surface area contributed by atoms with Gasteiger partial charge in [0.25, 0.3) is 0 Å². The van der Waals surface area contributed by atoms with E-state index in [4.69, 9.17) is 11.6 Å². The van der Waals surface area contributed by atoms with Crippen molar-refractivity contribution >= 4 is 16.8 Å². The van der Waals surface area contributed by atoms with Crippen LogP contribution >= 0.6 is 11.6 Å². The molecule has 1 radical (unpaired) electrons. The molecule has 0 saturated heterocycles. The molecule has 0 aliphatic heterocycles. The number of carbonyl (C=O) groups excluding carboxylic acids is 1. The second kappa shape index (κ2) is 5.10. The summed E-state index contributed by atoms with van der Waals surface area (Å²) in [4.78, 5) is 10.1. The molecule has 0 atom stereocenters. The first kappa shape index (κ1) is 7.96. The average Bonchev–Trinajstić information content (AvgIpc) is 1.66. The van der Waals surface area contributed by atoms with Crippen LogP contribution in [0.25, 0.3) is 0 Å². The van der Waals surface area contributed by atoms with Crippen LogP contribution < -0.4 is 0 Å². The molecule has 0 aromatic carbocycles. The molecule has 0 bridgehead atoms. The highest BCUT2D eigenvalue weighted by molar-refractivity contribution is 6.63. The van der Waals surface area contributed by atoms with Crippen molar-refractivity contribution in [3.05, 3.63) is 6.92 Å². The Morgan fingerprint density at radius 3 is 2.50 bits per heavy atom. The van der Waals surface area contributed by atoms with Gasteiger partial charge in [-0.2, -0.15) is 0 Å². The normalized spacial score (nSPS) is 9.25. The summed E-state index contributed by atoms with van der Waals surface area (Å²) in [5.74, 6) is 0. The largest absolute Gasteiger partial charge is 0.281 e. The molecule has 0 aliphatic rings. The van der Waals surface area contributed by atoms with Crippen LogP contribution in [0.1, 0.15) is 25.7 Å². The van der Waals surface area contributed by atoms with E-state index in [1.54, 1.807) is 0 Å². The SMILES string of the molecule is [CH2]CCCCC(=O)Cl. The zero-order valence-corrected chi connectivity index (χ0v) is 5.58. The molecule has 0 aromatic rings. The molecule has 0 unspecified atom stereocenters. The standard InChI is InChI=1S/C6H10ClO/c1-2-3-4-5-6(7)8/h1-5H2. The molecule has 0 aromatic heterocycles. The van der Waals surface area contributed by atoms with E-state index in [1.165, 1.54) is 0 Å². The first-order valence-electron chi connectivity index (χ1n) is 2.75. The molecule has 47 valence electrons. The van der Waals surface area contributed by atoms with Gasteiger partial charge in [-0.3, -0.25) is 4.79 Å². The van der Waals surface area contributed by atoms with Gasteiger partial charge in [0, 0.05) is 6.42 Å². The van der Waals surface area contributed by atoms with Gasteiger partial charge in [-0.05, 0) is 18.0 Å². The molecule has 0 heterocycles. The molecule has 1 nitrogen and oxygen atoms in total. The number of unbranched alkanes of at least 4 members (excludes halogenated alkanes) is 2. The molecule has 0 rings (SSSR count). The quantitative estimate of drug-likeness (QED) is 0.424. The second-order valence-corrected chi connectivity index (χ2v) is 2.09. The number of hydrogen-bond donors (Lipinski definition) is 0. The molecule has 8 heavy (non-hydrogen) atoms. The fraction of sp³-hybridized carbons (Fsp3) is 0.667. The van der Waals surface area contributed by atoms with Gasteiger partial charge in [0.05, 0.1) is 0 Å². The van der Waals surface area contributed by atoms with Crippen LogP contribution in [-0.4, -0.2) is 5.24 Å². The van der Waals surface area contributed by atoms with Gasteiger partial charge in [0.1, 0.15) is 0 Å². The zero-order chi connectivity index (χ0) is 6.41. The molecule has 0 spiro atoms. The molecule has 0 saturated carbocycles. The Labute approximate surface area is 55.0 Å². The number of rotatable bonds is 4. The molecular formula is C6H10ClO. The predicted octanol–water partition coefficient (Wildman–Crippen LogP) is 2.15. The van der Waals surface area contributed by atoms with Crippen LogP contribution in [0.4, 0.5) is 0 Å². The fourth-order valence-electron chi connectivity index (χ4n) is 0.441. The van der Waals surface area contributed by atoms with Gasteiger partial charge in [0.2, 0.25) is 5.24 Å². The van der Waals surface area contributed by atoms with Crippen molar-refractivity contribution in [2.24, 2.45) is 0 Å². The van der Waals surface area contributed by atoms with Crippen molar-refractivity contribution in [2.75, 3.05) is 0 Å². The van der Waals surface area contributed by atoms with Crippen molar-refractivity contribution in [1.29, 1.82) is 0 Å². The third-order valence-electron chi connectivity index (χ3n) is 0.873. The van der Waals surface area contributed by atoms with Crippen LogP contribution in [0.15, 0.2) is 0 Å². The lowest BCUT2D eigenvalue weighted by Crippen LogP contribution is -1.84. The van der Waals surface area contributed by atoms with Crippen LogP contribution in [0.5, 0.6) is 0 Å². The summed E-state index contributed by atoms with van der Waals surface area (Å²) < 4.78 is 0. The van der Waals surface area contributed by atoms with E-state index in [2.05, 4.69) is 6.92 Å². The van der Waals surface area contributed by atoms with Gasteiger partial charge in [-0.1, -0.05) is 19.8 Å². The van der Waals surface area contributed by atoms with Crippen LogP contribution in [0.3, 0.4) is 0 Å². The second-order valence-electron chi connectivity index (χ2n) is 1.67. The van der Waals surface area contributed by atoms with Crippen molar-refractivity contribution in [2.45, 2.75) is 25.7 Å². The summed E-state index contributed by atoms with van der Waals surface area (Å²) in [7, 11) is 0. The molecule has 2 heteroatoms. The van der Waals surface area contributed by atoms with Gasteiger partial charge in [-0.15, -0.1) is 0 Å². The van der Waals surface area contributed by atoms with E-state index in [1.807, 2.05) is 0 Å². The zero-order valence-electron chi connectivity index (χ0n) is 4.82. The Morgan fingerprint density at radius 2 is 2.12 bits per heavy atom. The Kier molecular flexibility index (Phi) is 5.08. The van der Waals surface area contributed by atoms with Crippen LogP contribution in [0, 0.1) is 6.92 Å². The summed E-state index contributed by atoms with van der Waals surface area (Å²) in [5.41, 5.74) is 0. The van der Waals surface area contributed by atoms with Crippen molar-refractivity contribution in [3.8, 4) is 0 Å². The monoisotopic (exact) mass is 133 g/mol. The summed E-state index contributed by atoms with van der Waals surface area (Å²) in [5, 5.41) is -0.238. The number of carbonyl (C=O) groups is 1. The molecular weight excluding hydrogens is 124 g/mol. The van der Waals surface area contributed by atoms with Crippen molar-refractivity contribution < 1.29 is 4.79 Å². The first-order valence-corrected chi connectivity index (χ1v) is 3.12. The number of halogens is 1. The topological polar surface area (TPSA) is 17.1 Å². The maximum absolute atomic E-state index is 10.1. The van der Waals surface area contributed by atoms with Crippen LogP contribution in [0.2, 0.25) is 0 Å². The molecule has 0 fully saturated rings. The molecule has 0 N–H and O–H groups in total. The highest BCUT2D eigenvalue weighted by atomic mass is 35.5. The maximum Gasteiger partial charge on any atom is 0.221 e. The Morgan fingerprint density at radius 1 is 1.50 bits per heavy atom. The fourth-order valence-corrected chi connectivity index (χ4v) is 0.574. The maximum atomic E-state index is 10.1. The Balaban J connectivity index is 2.82. The summed E-state index contributed by atoms with van der Waals surface area (Å²) in [6.45, 7) is 3.63. The Bertz CT molecular complexity index is 70.9. The van der Waals surface area contributed by atoms with Crippen LogP contribution in [-0.2, 0) is 4.79 Å². The van der Waals surface area contributed by atoms with E-state index in [0.29, 0.717) is 6.42 Å². The smallest absolute Gasteiger partial charge is 0.221 e. The summed E-state index contributed by atoms with van der Waals surface area (Å²) in [6, 6.07) is 0. The van der Waals surface area contributed by atoms with E-state index >= 15 is 0 Å². The highest BCUT2D eigenvalue weighted by Gasteiger charge is 1.92. The predicted molar refractivity (Wildman–Crippen MR) is 34.7 cm³/mol. The molecule has 0 amide bonds. The summed E-state index contributed by atoms with van der Waals surface area (Å²) in [6.07, 6.45) is 3.27. The third kappa shape index (κ3) is 5.96. The lowest BCUT2D eigenvalue weighted by Gasteiger charge is -1.89. The Hall–Kier alpha value is -0.0400. The van der Waals surface area contributed by atoms with Gasteiger partial charge in [0.15, 0.2) is 0 Å². The number of hydrogen-bond acceptors (Lipinski definition) is 1. The van der Waals surface area contributed by atoms with Gasteiger partial charge in [-0.25, -0.2) is 0 Å². The molecule has 0 aliphatic carbocycles. The lowest BCUT2D eigenvalue weighted by atomic mass is 10.2. The highest BCUT2D eigenvalue weighted by Crippen LogP contribution is 2.00.